The summed E-state index contributed by atoms with van der Waals surface area (Å²) in [5, 5.41) is 12.5. The van der Waals surface area contributed by atoms with E-state index in [1.54, 1.807) is 0 Å². The third-order valence-electron chi connectivity index (χ3n) is 12.7. The van der Waals surface area contributed by atoms with Crippen LogP contribution in [-0.2, 0) is 5.41 Å². The zero-order chi connectivity index (χ0) is 37.1. The molecule has 0 saturated heterocycles. The monoisotopic (exact) mass is 712 g/mol. The molecule has 0 aliphatic heterocycles. The summed E-state index contributed by atoms with van der Waals surface area (Å²) in [6.45, 7) is 4.79. The Kier molecular flexibility index (Phi) is 6.46. The van der Waals surface area contributed by atoms with Crippen LogP contribution >= 0.6 is 0 Å². The van der Waals surface area contributed by atoms with Crippen LogP contribution in [0.2, 0.25) is 0 Å². The molecule has 0 fully saturated rings. The van der Waals surface area contributed by atoms with Crippen LogP contribution in [0.5, 0.6) is 0 Å². The molecule has 0 atom stereocenters. The summed E-state index contributed by atoms with van der Waals surface area (Å²) in [7, 11) is 0. The third kappa shape index (κ3) is 4.31. The summed E-state index contributed by atoms with van der Waals surface area (Å²) in [5.74, 6) is 0. The van der Waals surface area contributed by atoms with Crippen molar-refractivity contribution in [2.24, 2.45) is 0 Å². The van der Waals surface area contributed by atoms with Crippen LogP contribution in [0.25, 0.3) is 110 Å². The second kappa shape index (κ2) is 11.5. The number of benzene rings is 10. The molecule has 0 spiro atoms. The Balaban J connectivity index is 1.04. The fourth-order valence-electron chi connectivity index (χ4n) is 10.1. The van der Waals surface area contributed by atoms with Gasteiger partial charge in [-0.2, -0.15) is 0 Å². The largest absolute Gasteiger partial charge is 0.456 e. The molecule has 0 radical (unpaired) electrons. The smallest absolute Gasteiger partial charge is 0.136 e. The van der Waals surface area contributed by atoms with Crippen molar-refractivity contribution in [3.05, 3.63) is 193 Å². The van der Waals surface area contributed by atoms with Gasteiger partial charge in [0.15, 0.2) is 0 Å². The van der Waals surface area contributed by atoms with Gasteiger partial charge < -0.3 is 4.42 Å². The van der Waals surface area contributed by atoms with Crippen molar-refractivity contribution in [2.75, 3.05) is 0 Å². The van der Waals surface area contributed by atoms with Gasteiger partial charge in [-0.15, -0.1) is 0 Å². The lowest BCUT2D eigenvalue weighted by Crippen LogP contribution is -2.15. The van der Waals surface area contributed by atoms with Crippen molar-refractivity contribution in [2.45, 2.75) is 19.3 Å². The van der Waals surface area contributed by atoms with E-state index in [0.29, 0.717) is 0 Å². The van der Waals surface area contributed by atoms with E-state index in [1.165, 1.54) is 104 Å². The molecule has 1 aromatic heterocycles. The van der Waals surface area contributed by atoms with Gasteiger partial charge in [0.25, 0.3) is 0 Å². The SMILES string of the molecule is CC1(C)c2cc(-c3c4ccccc4c(-c4cccc5ccccc45)c4ccccc34)ccc2-c2ccc(-c3cc4oc5ccccc5c4c4ccccc34)cc21. The number of para-hydroxylation sites is 1. The first kappa shape index (κ1) is 31.4. The van der Waals surface area contributed by atoms with Crippen molar-refractivity contribution in [3.8, 4) is 44.5 Å². The van der Waals surface area contributed by atoms with E-state index in [4.69, 9.17) is 4.42 Å². The van der Waals surface area contributed by atoms with Gasteiger partial charge in [0.1, 0.15) is 11.2 Å². The summed E-state index contributed by atoms with van der Waals surface area (Å²) >= 11 is 0. The molecule has 1 nitrogen and oxygen atoms in total. The molecule has 10 aromatic carbocycles. The molecule has 12 rings (SSSR count). The molecule has 262 valence electrons. The topological polar surface area (TPSA) is 13.1 Å². The third-order valence-corrected chi connectivity index (χ3v) is 12.7. The fraction of sp³-hybridized carbons (Fsp3) is 0.0545. The second-order valence-corrected chi connectivity index (χ2v) is 16.0. The van der Waals surface area contributed by atoms with Crippen LogP contribution in [0.3, 0.4) is 0 Å². The van der Waals surface area contributed by atoms with Gasteiger partial charge in [-0.05, 0) is 123 Å². The Bertz CT molecular complexity index is 3390. The van der Waals surface area contributed by atoms with Crippen LogP contribution in [0.1, 0.15) is 25.0 Å². The van der Waals surface area contributed by atoms with E-state index in [2.05, 4.69) is 190 Å². The number of hydrogen-bond acceptors (Lipinski definition) is 1. The van der Waals surface area contributed by atoms with Gasteiger partial charge >= 0.3 is 0 Å². The minimum Gasteiger partial charge on any atom is -0.456 e. The van der Waals surface area contributed by atoms with Gasteiger partial charge in [0.05, 0.1) is 0 Å². The van der Waals surface area contributed by atoms with Gasteiger partial charge in [0.2, 0.25) is 0 Å². The quantitative estimate of drug-likeness (QED) is 0.166. The van der Waals surface area contributed by atoms with Gasteiger partial charge in [-0.25, -0.2) is 0 Å². The lowest BCUT2D eigenvalue weighted by atomic mass is 9.79. The molecule has 0 unspecified atom stereocenters. The number of hydrogen-bond donors (Lipinski definition) is 0. The normalized spacial score (nSPS) is 13.3. The van der Waals surface area contributed by atoms with E-state index >= 15 is 0 Å². The summed E-state index contributed by atoms with van der Waals surface area (Å²) in [4.78, 5) is 0. The standard InChI is InChI=1S/C55H36O/c1-55(2)48-30-34(47-32-51-54(41-18-6-5-17-37(41)47)46-23-11-12-25-50(46)56-51)26-28-38(48)39-29-27-35(31-49(39)55)52-42-19-7-9-21-44(42)53(45-22-10-8-20-43(45)52)40-24-13-15-33-14-3-4-16-36(33)40/h3-32H,1-2H3. The highest BCUT2D eigenvalue weighted by Crippen LogP contribution is 2.53. The fourth-order valence-corrected chi connectivity index (χ4v) is 10.1. The van der Waals surface area contributed by atoms with E-state index in [1.807, 2.05) is 6.07 Å². The lowest BCUT2D eigenvalue weighted by molar-refractivity contribution is 0.661. The van der Waals surface area contributed by atoms with Crippen molar-refractivity contribution < 1.29 is 4.42 Å². The van der Waals surface area contributed by atoms with Gasteiger partial charge in [-0.3, -0.25) is 0 Å². The van der Waals surface area contributed by atoms with Crippen molar-refractivity contribution in [3.63, 3.8) is 0 Å². The predicted octanol–water partition coefficient (Wildman–Crippen LogP) is 15.5. The molecule has 0 amide bonds. The Morgan fingerprint density at radius 1 is 0.339 bits per heavy atom. The van der Waals surface area contributed by atoms with Crippen LogP contribution in [0.4, 0.5) is 0 Å². The highest BCUT2D eigenvalue weighted by Gasteiger charge is 2.36. The maximum atomic E-state index is 6.47. The first-order valence-electron chi connectivity index (χ1n) is 19.6. The molecule has 1 aliphatic rings. The highest BCUT2D eigenvalue weighted by atomic mass is 16.3. The molecule has 56 heavy (non-hydrogen) atoms. The Hall–Kier alpha value is -6.96. The Labute approximate surface area is 325 Å². The van der Waals surface area contributed by atoms with Crippen LogP contribution in [0, 0.1) is 0 Å². The van der Waals surface area contributed by atoms with Gasteiger partial charge in [0, 0.05) is 16.2 Å². The van der Waals surface area contributed by atoms with E-state index in [9.17, 15) is 0 Å². The van der Waals surface area contributed by atoms with Crippen molar-refractivity contribution >= 4 is 65.0 Å². The molecule has 1 aliphatic carbocycles. The first-order chi connectivity index (χ1) is 27.5. The minimum atomic E-state index is -0.204. The predicted molar refractivity (Wildman–Crippen MR) is 238 cm³/mol. The lowest BCUT2D eigenvalue weighted by Gasteiger charge is -2.24. The second-order valence-electron chi connectivity index (χ2n) is 16.0. The van der Waals surface area contributed by atoms with E-state index in [0.717, 1.165) is 16.6 Å². The average molecular weight is 713 g/mol. The number of furan rings is 1. The molecule has 1 heteroatoms. The average Bonchev–Trinajstić information content (AvgIpc) is 3.73. The molecule has 0 N–H and O–H groups in total. The molecular weight excluding hydrogens is 677 g/mol. The molecule has 11 aromatic rings. The highest BCUT2D eigenvalue weighted by molar-refractivity contribution is 6.24. The number of rotatable bonds is 3. The van der Waals surface area contributed by atoms with Crippen LogP contribution in [-0.4, -0.2) is 0 Å². The van der Waals surface area contributed by atoms with E-state index in [-0.39, 0.29) is 5.41 Å². The molecular formula is C55H36O. The number of fused-ring (bicyclic) bond motifs is 11. The maximum absolute atomic E-state index is 6.47. The molecule has 0 bridgehead atoms. The Morgan fingerprint density at radius 3 is 1.55 bits per heavy atom. The van der Waals surface area contributed by atoms with Crippen LogP contribution in [0.15, 0.2) is 186 Å². The summed E-state index contributed by atoms with van der Waals surface area (Å²) < 4.78 is 6.47. The molecule has 0 saturated carbocycles. The van der Waals surface area contributed by atoms with Crippen molar-refractivity contribution in [1.82, 2.24) is 0 Å². The maximum Gasteiger partial charge on any atom is 0.136 e. The molecule has 1 heterocycles. The zero-order valence-electron chi connectivity index (χ0n) is 31.2. The summed E-state index contributed by atoms with van der Waals surface area (Å²) in [6, 6.07) is 67.2. The summed E-state index contributed by atoms with van der Waals surface area (Å²) in [6.07, 6.45) is 0. The first-order valence-corrected chi connectivity index (χ1v) is 19.6. The van der Waals surface area contributed by atoms with Gasteiger partial charge in [-0.1, -0.05) is 172 Å². The minimum absolute atomic E-state index is 0.204. The Morgan fingerprint density at radius 2 is 0.857 bits per heavy atom. The van der Waals surface area contributed by atoms with Crippen molar-refractivity contribution in [1.29, 1.82) is 0 Å². The zero-order valence-corrected chi connectivity index (χ0v) is 31.2. The summed E-state index contributed by atoms with van der Waals surface area (Å²) in [5.41, 5.74) is 14.5. The van der Waals surface area contributed by atoms with Crippen LogP contribution < -0.4 is 0 Å². The van der Waals surface area contributed by atoms with E-state index < -0.39 is 0 Å².